The van der Waals surface area contributed by atoms with E-state index in [1.807, 2.05) is 24.0 Å². The summed E-state index contributed by atoms with van der Waals surface area (Å²) in [6.07, 6.45) is 7.65. The van der Waals surface area contributed by atoms with Gasteiger partial charge in [-0.05, 0) is 37.5 Å². The summed E-state index contributed by atoms with van der Waals surface area (Å²) in [7, 11) is 0. The second kappa shape index (κ2) is 6.15. The number of carbonyl (C=O) groups is 1. The standard InChI is InChI=1S/C15H23N3O/c1-2-18(11-13-5-9-17-10-6-13)14(19)15(12-16)7-3-4-8-15/h5-6,9-10H,2-4,7-8,11-12,16H2,1H3. The molecule has 0 atom stereocenters. The van der Waals surface area contributed by atoms with Crippen molar-refractivity contribution in [3.63, 3.8) is 0 Å². The zero-order valence-corrected chi connectivity index (χ0v) is 11.6. The van der Waals surface area contributed by atoms with Gasteiger partial charge in [-0.1, -0.05) is 12.8 Å². The summed E-state index contributed by atoms with van der Waals surface area (Å²) in [5.41, 5.74) is 6.72. The smallest absolute Gasteiger partial charge is 0.230 e. The molecular formula is C15H23N3O. The molecule has 1 aliphatic carbocycles. The van der Waals surface area contributed by atoms with Gasteiger partial charge >= 0.3 is 0 Å². The van der Waals surface area contributed by atoms with Gasteiger partial charge in [0.25, 0.3) is 0 Å². The van der Waals surface area contributed by atoms with Gasteiger partial charge in [0.1, 0.15) is 0 Å². The lowest BCUT2D eigenvalue weighted by Gasteiger charge is -2.33. The molecule has 1 fully saturated rings. The molecule has 4 nitrogen and oxygen atoms in total. The highest BCUT2D eigenvalue weighted by atomic mass is 16.2. The summed E-state index contributed by atoms with van der Waals surface area (Å²) in [5, 5.41) is 0. The predicted molar refractivity (Wildman–Crippen MR) is 75.3 cm³/mol. The van der Waals surface area contributed by atoms with Crippen LogP contribution in [0.3, 0.4) is 0 Å². The van der Waals surface area contributed by atoms with Gasteiger partial charge in [-0.15, -0.1) is 0 Å². The van der Waals surface area contributed by atoms with Crippen molar-refractivity contribution >= 4 is 5.91 Å². The lowest BCUT2D eigenvalue weighted by Crippen LogP contribution is -2.46. The van der Waals surface area contributed by atoms with Crippen LogP contribution in [0.4, 0.5) is 0 Å². The van der Waals surface area contributed by atoms with Crippen molar-refractivity contribution in [3.05, 3.63) is 30.1 Å². The van der Waals surface area contributed by atoms with E-state index in [4.69, 9.17) is 5.73 Å². The molecule has 2 rings (SSSR count). The average molecular weight is 261 g/mol. The second-order valence-corrected chi connectivity index (χ2v) is 5.37. The second-order valence-electron chi connectivity index (χ2n) is 5.37. The number of aromatic nitrogens is 1. The van der Waals surface area contributed by atoms with E-state index in [0.717, 1.165) is 37.8 Å². The molecule has 1 aliphatic rings. The number of amides is 1. The zero-order valence-electron chi connectivity index (χ0n) is 11.6. The van der Waals surface area contributed by atoms with E-state index in [1.165, 1.54) is 0 Å². The van der Waals surface area contributed by atoms with Crippen LogP contribution in [0.2, 0.25) is 0 Å². The first-order chi connectivity index (χ1) is 9.22. The highest BCUT2D eigenvalue weighted by Gasteiger charge is 2.41. The molecule has 19 heavy (non-hydrogen) atoms. The molecule has 0 unspecified atom stereocenters. The number of hydrogen-bond donors (Lipinski definition) is 1. The van der Waals surface area contributed by atoms with Crippen molar-refractivity contribution in [1.82, 2.24) is 9.88 Å². The molecule has 0 aliphatic heterocycles. The van der Waals surface area contributed by atoms with Crippen LogP contribution in [0.1, 0.15) is 38.2 Å². The summed E-state index contributed by atoms with van der Waals surface area (Å²) >= 11 is 0. The Bertz CT molecular complexity index is 413. The molecule has 1 saturated carbocycles. The maximum Gasteiger partial charge on any atom is 0.230 e. The van der Waals surface area contributed by atoms with Crippen LogP contribution in [-0.2, 0) is 11.3 Å². The molecule has 0 bridgehead atoms. The van der Waals surface area contributed by atoms with E-state index in [9.17, 15) is 4.79 Å². The third-order valence-corrected chi connectivity index (χ3v) is 4.20. The van der Waals surface area contributed by atoms with Crippen LogP contribution in [0.15, 0.2) is 24.5 Å². The van der Waals surface area contributed by atoms with E-state index < -0.39 is 0 Å². The maximum atomic E-state index is 12.8. The summed E-state index contributed by atoms with van der Waals surface area (Å²) in [4.78, 5) is 18.7. The van der Waals surface area contributed by atoms with E-state index in [1.54, 1.807) is 12.4 Å². The lowest BCUT2D eigenvalue weighted by atomic mass is 9.84. The van der Waals surface area contributed by atoms with Gasteiger partial charge in [0.05, 0.1) is 5.41 Å². The number of pyridine rings is 1. The Labute approximate surface area is 115 Å². The minimum absolute atomic E-state index is 0.229. The topological polar surface area (TPSA) is 59.2 Å². The maximum absolute atomic E-state index is 12.8. The lowest BCUT2D eigenvalue weighted by molar-refractivity contribution is -0.141. The fourth-order valence-corrected chi connectivity index (χ4v) is 2.93. The molecule has 4 heteroatoms. The summed E-state index contributed by atoms with van der Waals surface area (Å²) < 4.78 is 0. The highest BCUT2D eigenvalue weighted by Crippen LogP contribution is 2.39. The van der Waals surface area contributed by atoms with E-state index in [2.05, 4.69) is 4.98 Å². The predicted octanol–water partition coefficient (Wildman–Crippen LogP) is 1.95. The molecule has 0 radical (unpaired) electrons. The Balaban J connectivity index is 2.11. The largest absolute Gasteiger partial charge is 0.338 e. The molecule has 0 spiro atoms. The monoisotopic (exact) mass is 261 g/mol. The number of hydrogen-bond acceptors (Lipinski definition) is 3. The number of carbonyl (C=O) groups excluding carboxylic acids is 1. The van der Waals surface area contributed by atoms with Gasteiger partial charge in [-0.25, -0.2) is 0 Å². The Hall–Kier alpha value is -1.42. The summed E-state index contributed by atoms with van der Waals surface area (Å²) in [6.45, 7) is 3.87. The molecule has 1 aromatic rings. The van der Waals surface area contributed by atoms with Gasteiger partial charge < -0.3 is 10.6 Å². The molecule has 1 heterocycles. The van der Waals surface area contributed by atoms with Crippen LogP contribution >= 0.6 is 0 Å². The van der Waals surface area contributed by atoms with Gasteiger partial charge in [-0.3, -0.25) is 9.78 Å². The van der Waals surface area contributed by atoms with Crippen LogP contribution in [-0.4, -0.2) is 28.9 Å². The molecule has 104 valence electrons. The molecule has 0 aromatic carbocycles. The average Bonchev–Trinajstić information content (AvgIpc) is 2.95. The van der Waals surface area contributed by atoms with Crippen molar-refractivity contribution in [1.29, 1.82) is 0 Å². The quantitative estimate of drug-likeness (QED) is 0.881. The van der Waals surface area contributed by atoms with Crippen molar-refractivity contribution in [3.8, 4) is 0 Å². The fraction of sp³-hybridized carbons (Fsp3) is 0.600. The van der Waals surface area contributed by atoms with E-state index >= 15 is 0 Å². The Morgan fingerprint density at radius 3 is 2.53 bits per heavy atom. The van der Waals surface area contributed by atoms with Crippen LogP contribution < -0.4 is 5.73 Å². The Morgan fingerprint density at radius 2 is 2.00 bits per heavy atom. The van der Waals surface area contributed by atoms with Crippen molar-refractivity contribution in [2.24, 2.45) is 11.1 Å². The molecule has 0 saturated heterocycles. The van der Waals surface area contributed by atoms with Gasteiger partial charge in [0.15, 0.2) is 0 Å². The molecule has 2 N–H and O–H groups in total. The van der Waals surface area contributed by atoms with Gasteiger partial charge in [-0.2, -0.15) is 0 Å². The third kappa shape index (κ3) is 2.95. The summed E-state index contributed by atoms with van der Waals surface area (Å²) in [6, 6.07) is 3.92. The molecular weight excluding hydrogens is 238 g/mol. The van der Waals surface area contributed by atoms with Crippen LogP contribution in [0.5, 0.6) is 0 Å². The fourth-order valence-electron chi connectivity index (χ4n) is 2.93. The van der Waals surface area contributed by atoms with Crippen molar-refractivity contribution in [2.75, 3.05) is 13.1 Å². The third-order valence-electron chi connectivity index (χ3n) is 4.20. The first kappa shape index (κ1) is 14.0. The minimum Gasteiger partial charge on any atom is -0.338 e. The zero-order chi connectivity index (χ0) is 13.7. The minimum atomic E-state index is -0.303. The normalized spacial score (nSPS) is 17.4. The molecule has 1 amide bonds. The van der Waals surface area contributed by atoms with Crippen LogP contribution in [0, 0.1) is 5.41 Å². The summed E-state index contributed by atoms with van der Waals surface area (Å²) in [5.74, 6) is 0.229. The van der Waals surface area contributed by atoms with Crippen LogP contribution in [0.25, 0.3) is 0 Å². The van der Waals surface area contributed by atoms with Crippen molar-refractivity contribution < 1.29 is 4.79 Å². The van der Waals surface area contributed by atoms with Gasteiger partial charge in [0, 0.05) is 32.0 Å². The van der Waals surface area contributed by atoms with Crippen molar-refractivity contribution in [2.45, 2.75) is 39.2 Å². The Morgan fingerprint density at radius 1 is 1.37 bits per heavy atom. The van der Waals surface area contributed by atoms with E-state index in [-0.39, 0.29) is 11.3 Å². The number of nitrogens with two attached hydrogens (primary N) is 1. The number of nitrogens with zero attached hydrogens (tertiary/aromatic N) is 2. The van der Waals surface area contributed by atoms with Gasteiger partial charge in [0.2, 0.25) is 5.91 Å². The first-order valence-electron chi connectivity index (χ1n) is 7.10. The van der Waals surface area contributed by atoms with E-state index in [0.29, 0.717) is 13.1 Å². The highest BCUT2D eigenvalue weighted by molar-refractivity contribution is 5.83. The SMILES string of the molecule is CCN(Cc1ccncc1)C(=O)C1(CN)CCCC1. The molecule has 1 aromatic heterocycles. The first-order valence-corrected chi connectivity index (χ1v) is 7.10. The number of rotatable bonds is 5. The Kier molecular flexibility index (Phi) is 4.53.